The molecule has 0 aliphatic heterocycles. The van der Waals surface area contributed by atoms with Crippen LogP contribution in [-0.4, -0.2) is 34.6 Å². The third-order valence-corrected chi connectivity index (χ3v) is 6.46. The molecule has 0 aromatic heterocycles. The van der Waals surface area contributed by atoms with Crippen molar-refractivity contribution in [3.05, 3.63) is 66.0 Å². The second-order valence-electron chi connectivity index (χ2n) is 7.66. The highest BCUT2D eigenvalue weighted by atomic mass is 32.2. The van der Waals surface area contributed by atoms with Crippen LogP contribution >= 0.6 is 11.8 Å². The van der Waals surface area contributed by atoms with Crippen molar-refractivity contribution in [2.45, 2.75) is 62.6 Å². The van der Waals surface area contributed by atoms with Gasteiger partial charge in [0, 0.05) is 17.5 Å². The predicted octanol–water partition coefficient (Wildman–Crippen LogP) is 4.78. The molecule has 1 aliphatic carbocycles. The number of carbonyl (C=O) groups is 2. The normalized spacial score (nSPS) is 15.0. The van der Waals surface area contributed by atoms with Gasteiger partial charge in [0.1, 0.15) is 11.9 Å². The first kappa shape index (κ1) is 22.3. The Bertz CT molecular complexity index is 823. The van der Waals surface area contributed by atoms with Crippen LogP contribution in [0.3, 0.4) is 0 Å². The minimum Gasteiger partial charge on any atom is -0.352 e. The molecule has 30 heavy (non-hydrogen) atoms. The van der Waals surface area contributed by atoms with Crippen molar-refractivity contribution < 1.29 is 14.0 Å². The van der Waals surface area contributed by atoms with E-state index in [1.807, 2.05) is 37.3 Å². The molecule has 0 unspecified atom stereocenters. The number of thioether (sulfide) groups is 1. The van der Waals surface area contributed by atoms with Crippen molar-refractivity contribution in [3.8, 4) is 0 Å². The average Bonchev–Trinajstić information content (AvgIpc) is 3.27. The summed E-state index contributed by atoms with van der Waals surface area (Å²) >= 11 is 1.46. The third-order valence-electron chi connectivity index (χ3n) is 5.46. The van der Waals surface area contributed by atoms with Crippen molar-refractivity contribution >= 4 is 23.6 Å². The molecule has 6 heteroatoms. The van der Waals surface area contributed by atoms with E-state index in [1.165, 1.54) is 23.9 Å². The fourth-order valence-electron chi connectivity index (χ4n) is 3.82. The average molecular weight is 429 g/mol. The van der Waals surface area contributed by atoms with Gasteiger partial charge in [0.05, 0.1) is 5.75 Å². The van der Waals surface area contributed by atoms with E-state index in [1.54, 1.807) is 17.0 Å². The number of rotatable bonds is 9. The molecule has 2 amide bonds. The highest BCUT2D eigenvalue weighted by Gasteiger charge is 2.30. The first-order chi connectivity index (χ1) is 14.6. The van der Waals surface area contributed by atoms with E-state index in [4.69, 9.17) is 0 Å². The van der Waals surface area contributed by atoms with Gasteiger partial charge in [-0.1, -0.05) is 50.1 Å². The van der Waals surface area contributed by atoms with Gasteiger partial charge in [0.15, 0.2) is 0 Å². The van der Waals surface area contributed by atoms with E-state index in [9.17, 15) is 14.0 Å². The number of amides is 2. The lowest BCUT2D eigenvalue weighted by molar-refractivity contribution is -0.139. The lowest BCUT2D eigenvalue weighted by atomic mass is 10.1. The third kappa shape index (κ3) is 6.33. The molecule has 0 saturated heterocycles. The molecule has 0 spiro atoms. The van der Waals surface area contributed by atoms with Crippen molar-refractivity contribution in [2.24, 2.45) is 0 Å². The van der Waals surface area contributed by atoms with Crippen LogP contribution in [0.4, 0.5) is 4.39 Å². The number of carbonyl (C=O) groups excluding carboxylic acids is 2. The maximum atomic E-state index is 13.3. The first-order valence-corrected chi connectivity index (χ1v) is 11.6. The number of halogens is 1. The van der Waals surface area contributed by atoms with E-state index in [0.717, 1.165) is 36.1 Å². The molecule has 4 nitrogen and oxygen atoms in total. The van der Waals surface area contributed by atoms with Gasteiger partial charge in [-0.05, 0) is 49.1 Å². The monoisotopic (exact) mass is 428 g/mol. The molecule has 1 N–H and O–H groups in total. The second-order valence-corrected chi connectivity index (χ2v) is 8.71. The van der Waals surface area contributed by atoms with Gasteiger partial charge in [-0.3, -0.25) is 9.59 Å². The molecular formula is C24H29FN2O2S. The highest BCUT2D eigenvalue weighted by molar-refractivity contribution is 8.00. The Hall–Kier alpha value is -2.34. The van der Waals surface area contributed by atoms with Crippen LogP contribution in [0.25, 0.3) is 0 Å². The molecule has 1 fully saturated rings. The molecule has 3 rings (SSSR count). The van der Waals surface area contributed by atoms with Crippen LogP contribution in [0.1, 0.15) is 44.6 Å². The Morgan fingerprint density at radius 3 is 2.40 bits per heavy atom. The van der Waals surface area contributed by atoms with Crippen molar-refractivity contribution in [1.29, 1.82) is 0 Å². The quantitative estimate of drug-likeness (QED) is 0.585. The maximum absolute atomic E-state index is 13.3. The smallest absolute Gasteiger partial charge is 0.243 e. The maximum Gasteiger partial charge on any atom is 0.243 e. The van der Waals surface area contributed by atoms with Gasteiger partial charge in [-0.2, -0.15) is 0 Å². The number of hydrogen-bond acceptors (Lipinski definition) is 3. The standard InChI is InChI=1S/C24H29FN2O2S/c1-2-22(24(29)26-20-8-6-7-9-20)27(16-18-12-14-19(25)15-13-18)23(28)17-30-21-10-4-3-5-11-21/h3-5,10-15,20,22H,2,6-9,16-17H2,1H3,(H,26,29)/t22-/m1/s1. The number of benzene rings is 2. The molecule has 0 bridgehead atoms. The Morgan fingerprint density at radius 2 is 1.77 bits per heavy atom. The minimum atomic E-state index is -0.542. The van der Waals surface area contributed by atoms with E-state index in [2.05, 4.69) is 5.32 Å². The molecule has 2 aromatic rings. The highest BCUT2D eigenvalue weighted by Crippen LogP contribution is 2.22. The summed E-state index contributed by atoms with van der Waals surface area (Å²) in [5.74, 6) is -0.258. The Balaban J connectivity index is 1.74. The molecule has 1 saturated carbocycles. The lowest BCUT2D eigenvalue weighted by Gasteiger charge is -2.31. The summed E-state index contributed by atoms with van der Waals surface area (Å²) in [6.45, 7) is 2.21. The Labute approximate surface area is 182 Å². The number of nitrogens with one attached hydrogen (secondary N) is 1. The summed E-state index contributed by atoms with van der Waals surface area (Å²) in [6.07, 6.45) is 4.79. The van der Waals surface area contributed by atoms with Gasteiger partial charge < -0.3 is 10.2 Å². The Morgan fingerprint density at radius 1 is 1.10 bits per heavy atom. The second kappa shape index (κ2) is 11.2. The molecule has 1 atom stereocenters. The van der Waals surface area contributed by atoms with Crippen LogP contribution < -0.4 is 5.32 Å². The fourth-order valence-corrected chi connectivity index (χ4v) is 4.62. The predicted molar refractivity (Wildman–Crippen MR) is 119 cm³/mol. The van der Waals surface area contributed by atoms with Gasteiger partial charge in [0.2, 0.25) is 11.8 Å². The fraction of sp³-hybridized carbons (Fsp3) is 0.417. The SMILES string of the molecule is CC[C@H](C(=O)NC1CCCC1)N(Cc1ccc(F)cc1)C(=O)CSc1ccccc1. The molecule has 0 radical (unpaired) electrons. The van der Waals surface area contributed by atoms with E-state index in [0.29, 0.717) is 6.42 Å². The summed E-state index contributed by atoms with van der Waals surface area (Å²) in [5.41, 5.74) is 0.807. The van der Waals surface area contributed by atoms with Gasteiger partial charge in [-0.15, -0.1) is 11.8 Å². The molecule has 160 valence electrons. The zero-order valence-electron chi connectivity index (χ0n) is 17.4. The summed E-state index contributed by atoms with van der Waals surface area (Å²) in [5, 5.41) is 3.13. The van der Waals surface area contributed by atoms with Crippen LogP contribution in [0.5, 0.6) is 0 Å². The molecule has 0 heterocycles. The minimum absolute atomic E-state index is 0.0930. The summed E-state index contributed by atoms with van der Waals surface area (Å²) in [4.78, 5) is 28.9. The zero-order chi connectivity index (χ0) is 21.3. The van der Waals surface area contributed by atoms with Crippen molar-refractivity contribution in [2.75, 3.05) is 5.75 Å². The molecule has 1 aliphatic rings. The topological polar surface area (TPSA) is 49.4 Å². The van der Waals surface area contributed by atoms with Crippen LogP contribution in [0.2, 0.25) is 0 Å². The summed E-state index contributed by atoms with van der Waals surface area (Å²) < 4.78 is 13.3. The first-order valence-electron chi connectivity index (χ1n) is 10.6. The van der Waals surface area contributed by atoms with Crippen LogP contribution in [-0.2, 0) is 16.1 Å². The van der Waals surface area contributed by atoms with E-state index >= 15 is 0 Å². The van der Waals surface area contributed by atoms with Crippen LogP contribution in [0, 0.1) is 5.82 Å². The zero-order valence-corrected chi connectivity index (χ0v) is 18.2. The van der Waals surface area contributed by atoms with Crippen molar-refractivity contribution in [1.82, 2.24) is 10.2 Å². The largest absolute Gasteiger partial charge is 0.352 e. The summed E-state index contributed by atoms with van der Waals surface area (Å²) in [6, 6.07) is 15.5. The van der Waals surface area contributed by atoms with Crippen molar-refractivity contribution in [3.63, 3.8) is 0 Å². The van der Waals surface area contributed by atoms with Gasteiger partial charge in [-0.25, -0.2) is 4.39 Å². The van der Waals surface area contributed by atoms with E-state index in [-0.39, 0.29) is 36.0 Å². The number of nitrogens with zero attached hydrogens (tertiary/aromatic N) is 1. The van der Waals surface area contributed by atoms with E-state index < -0.39 is 6.04 Å². The van der Waals surface area contributed by atoms with Gasteiger partial charge >= 0.3 is 0 Å². The molecular weight excluding hydrogens is 399 g/mol. The van der Waals surface area contributed by atoms with Gasteiger partial charge in [0.25, 0.3) is 0 Å². The number of hydrogen-bond donors (Lipinski definition) is 1. The molecule has 2 aromatic carbocycles. The summed E-state index contributed by atoms with van der Waals surface area (Å²) in [7, 11) is 0. The Kier molecular flexibility index (Phi) is 8.31. The van der Waals surface area contributed by atoms with Crippen LogP contribution in [0.15, 0.2) is 59.5 Å². The lowest BCUT2D eigenvalue weighted by Crippen LogP contribution is -2.51.